The smallest absolute Gasteiger partial charge is 0.330 e. The summed E-state index contributed by atoms with van der Waals surface area (Å²) >= 11 is 0. The Hall–Kier alpha value is -4.72. The minimum Gasteiger partial charge on any atom is -0.457 e. The molecule has 202 valence electrons. The molecule has 3 aromatic carbocycles. The highest BCUT2D eigenvalue weighted by Gasteiger charge is 2.61. The van der Waals surface area contributed by atoms with E-state index in [4.69, 9.17) is 9.47 Å². The molecule has 0 radical (unpaired) electrons. The van der Waals surface area contributed by atoms with Crippen molar-refractivity contribution in [1.29, 1.82) is 0 Å². The third kappa shape index (κ3) is 5.00. The normalized spacial score (nSPS) is 23.1. The fourth-order valence-electron chi connectivity index (χ4n) is 6.01. The van der Waals surface area contributed by atoms with Crippen LogP contribution in [0.2, 0.25) is 0 Å². The topological polar surface area (TPSA) is 102 Å². The first-order valence-corrected chi connectivity index (χ1v) is 13.4. The third-order valence-electron chi connectivity index (χ3n) is 7.82. The number of anilines is 1. The van der Waals surface area contributed by atoms with E-state index in [-0.39, 0.29) is 30.1 Å². The van der Waals surface area contributed by atoms with Crippen molar-refractivity contribution in [2.24, 2.45) is 23.7 Å². The maximum Gasteiger partial charge on any atom is 0.330 e. The Morgan fingerprint density at radius 2 is 1.38 bits per heavy atom. The maximum absolute atomic E-state index is 13.4. The largest absolute Gasteiger partial charge is 0.457 e. The van der Waals surface area contributed by atoms with Crippen molar-refractivity contribution < 1.29 is 28.7 Å². The van der Waals surface area contributed by atoms with Gasteiger partial charge in [0, 0.05) is 12.1 Å². The number of fused-ring (bicyclic) bond motifs is 5. The average Bonchev–Trinajstić information content (AvgIpc) is 3.66. The van der Waals surface area contributed by atoms with E-state index >= 15 is 0 Å². The molecule has 3 aromatic rings. The fourth-order valence-corrected chi connectivity index (χ4v) is 6.01. The van der Waals surface area contributed by atoms with Gasteiger partial charge in [-0.2, -0.15) is 0 Å². The van der Waals surface area contributed by atoms with Gasteiger partial charge in [0.2, 0.25) is 11.8 Å². The number of para-hydroxylation sites is 1. The molecule has 6 rings (SSSR count). The average molecular weight is 537 g/mol. The minimum atomic E-state index is -1.14. The summed E-state index contributed by atoms with van der Waals surface area (Å²) in [6, 6.07) is 24.1. The van der Waals surface area contributed by atoms with Crippen LogP contribution >= 0.6 is 0 Å². The Morgan fingerprint density at radius 3 is 2.00 bits per heavy atom. The number of allylic oxidation sites excluding steroid dienone is 2. The van der Waals surface area contributed by atoms with Gasteiger partial charge in [0.1, 0.15) is 17.5 Å². The maximum atomic E-state index is 13.4. The number of ether oxygens (including phenoxy) is 2. The molecule has 1 saturated carbocycles. The summed E-state index contributed by atoms with van der Waals surface area (Å²) in [5.74, 6) is -1.48. The van der Waals surface area contributed by atoms with Crippen molar-refractivity contribution in [1.82, 2.24) is 4.90 Å². The second-order valence-electron chi connectivity index (χ2n) is 10.3. The number of nitrogens with zero attached hydrogens (tertiary/aromatic N) is 1. The van der Waals surface area contributed by atoms with Crippen molar-refractivity contribution >= 4 is 29.4 Å². The van der Waals surface area contributed by atoms with E-state index in [9.17, 15) is 19.2 Å². The first-order chi connectivity index (χ1) is 19.5. The lowest BCUT2D eigenvalue weighted by atomic mass is 9.85. The molecule has 1 heterocycles. The summed E-state index contributed by atoms with van der Waals surface area (Å²) in [4.78, 5) is 53.9. The van der Waals surface area contributed by atoms with Crippen molar-refractivity contribution in [2.75, 3.05) is 11.9 Å². The van der Waals surface area contributed by atoms with Gasteiger partial charge in [-0.05, 0) is 60.2 Å². The highest BCUT2D eigenvalue weighted by Crippen LogP contribution is 2.53. The van der Waals surface area contributed by atoms with Gasteiger partial charge in [-0.3, -0.25) is 19.3 Å². The number of carbonyl (C=O) groups excluding carboxylic acids is 4. The first kappa shape index (κ1) is 25.6. The summed E-state index contributed by atoms with van der Waals surface area (Å²) in [5, 5.41) is 2.69. The molecule has 2 aliphatic carbocycles. The van der Waals surface area contributed by atoms with Crippen LogP contribution < -0.4 is 10.1 Å². The number of nitrogens with one attached hydrogen (secondary N) is 1. The summed E-state index contributed by atoms with van der Waals surface area (Å²) in [6.45, 7) is -0.553. The second kappa shape index (κ2) is 10.8. The number of benzene rings is 3. The SMILES string of the molecule is O=C(COC(=O)[C@H](Cc1ccccc1)N1C(=O)[C@H]2[C@H](C1=O)[C@H]1C=C[C@H]2C1)Nc1ccc(Oc2ccccc2)cc1. The zero-order valence-electron chi connectivity index (χ0n) is 21.6. The zero-order valence-corrected chi connectivity index (χ0v) is 21.6. The van der Waals surface area contributed by atoms with Crippen molar-refractivity contribution in [3.8, 4) is 11.5 Å². The van der Waals surface area contributed by atoms with Crippen LogP contribution in [0.5, 0.6) is 11.5 Å². The van der Waals surface area contributed by atoms with E-state index < -0.39 is 36.4 Å². The fraction of sp³-hybridized carbons (Fsp3) is 0.250. The predicted molar refractivity (Wildman–Crippen MR) is 146 cm³/mol. The molecule has 8 nitrogen and oxygen atoms in total. The Balaban J connectivity index is 1.10. The number of rotatable bonds is 9. The zero-order chi connectivity index (χ0) is 27.6. The van der Waals surface area contributed by atoms with Crippen LogP contribution in [0.3, 0.4) is 0 Å². The van der Waals surface area contributed by atoms with Crippen LogP contribution in [-0.2, 0) is 30.3 Å². The molecule has 2 fully saturated rings. The molecule has 1 aliphatic heterocycles. The monoisotopic (exact) mass is 536 g/mol. The van der Waals surface area contributed by atoms with Gasteiger partial charge in [0.05, 0.1) is 11.8 Å². The van der Waals surface area contributed by atoms with Crippen LogP contribution in [0.4, 0.5) is 5.69 Å². The molecule has 0 aromatic heterocycles. The molecule has 0 unspecified atom stereocenters. The van der Waals surface area contributed by atoms with Crippen LogP contribution in [0.15, 0.2) is 97.1 Å². The molecule has 2 bridgehead atoms. The number of carbonyl (C=O) groups is 4. The van der Waals surface area contributed by atoms with E-state index in [1.807, 2.05) is 72.8 Å². The molecular weight excluding hydrogens is 508 g/mol. The van der Waals surface area contributed by atoms with Gasteiger partial charge < -0.3 is 14.8 Å². The minimum absolute atomic E-state index is 0.0279. The summed E-state index contributed by atoms with van der Waals surface area (Å²) in [7, 11) is 0. The standard InChI is InChI=1S/C32H28N2O6/c35-27(33-23-13-15-25(16-14-23)40-24-9-5-2-6-10-24)19-39-32(38)26(17-20-7-3-1-4-8-20)34-30(36)28-21-11-12-22(18-21)29(28)31(34)37/h1-16,21-22,26,28-29H,17-19H2,(H,33,35)/t21-,22-,26-,28+,29+/m0/s1. The van der Waals surface area contributed by atoms with E-state index in [0.717, 1.165) is 16.9 Å². The van der Waals surface area contributed by atoms with Crippen LogP contribution in [-0.4, -0.2) is 41.2 Å². The number of hydrogen-bond donors (Lipinski definition) is 1. The Morgan fingerprint density at radius 1 is 0.800 bits per heavy atom. The molecule has 8 heteroatoms. The lowest BCUT2D eigenvalue weighted by Crippen LogP contribution is -2.48. The van der Waals surface area contributed by atoms with Gasteiger partial charge in [-0.1, -0.05) is 60.7 Å². The van der Waals surface area contributed by atoms with Gasteiger partial charge >= 0.3 is 5.97 Å². The highest BCUT2D eigenvalue weighted by atomic mass is 16.5. The van der Waals surface area contributed by atoms with Crippen molar-refractivity contribution in [2.45, 2.75) is 18.9 Å². The molecule has 3 aliphatic rings. The molecule has 3 amide bonds. The Bertz CT molecular complexity index is 1420. The lowest BCUT2D eigenvalue weighted by molar-refractivity contribution is -0.160. The van der Waals surface area contributed by atoms with E-state index in [0.29, 0.717) is 17.2 Å². The summed E-state index contributed by atoms with van der Waals surface area (Å²) < 4.78 is 11.1. The summed E-state index contributed by atoms with van der Waals surface area (Å²) in [6.07, 6.45) is 4.93. The van der Waals surface area contributed by atoms with E-state index in [1.54, 1.807) is 24.3 Å². The quantitative estimate of drug-likeness (QED) is 0.247. The molecule has 5 atom stereocenters. The highest BCUT2D eigenvalue weighted by molar-refractivity contribution is 6.09. The summed E-state index contributed by atoms with van der Waals surface area (Å²) in [5.41, 5.74) is 1.29. The third-order valence-corrected chi connectivity index (χ3v) is 7.82. The predicted octanol–water partition coefficient (Wildman–Crippen LogP) is 4.38. The Labute approximate surface area is 231 Å². The number of hydrogen-bond acceptors (Lipinski definition) is 6. The lowest BCUT2D eigenvalue weighted by Gasteiger charge is -2.26. The number of likely N-dealkylation sites (tertiary alicyclic amines) is 1. The molecule has 40 heavy (non-hydrogen) atoms. The number of amides is 3. The van der Waals surface area contributed by atoms with Gasteiger partial charge in [-0.25, -0.2) is 4.79 Å². The van der Waals surface area contributed by atoms with Gasteiger partial charge in [-0.15, -0.1) is 0 Å². The van der Waals surface area contributed by atoms with Crippen LogP contribution in [0.25, 0.3) is 0 Å². The van der Waals surface area contributed by atoms with Gasteiger partial charge in [0.15, 0.2) is 6.61 Å². The van der Waals surface area contributed by atoms with E-state index in [1.165, 1.54) is 0 Å². The van der Waals surface area contributed by atoms with Crippen molar-refractivity contribution in [3.63, 3.8) is 0 Å². The van der Waals surface area contributed by atoms with Gasteiger partial charge in [0.25, 0.3) is 5.91 Å². The first-order valence-electron chi connectivity index (χ1n) is 13.4. The van der Waals surface area contributed by atoms with Crippen LogP contribution in [0, 0.1) is 23.7 Å². The van der Waals surface area contributed by atoms with Crippen LogP contribution in [0.1, 0.15) is 12.0 Å². The molecular formula is C32H28N2O6. The molecule has 1 saturated heterocycles. The number of imide groups is 1. The van der Waals surface area contributed by atoms with E-state index in [2.05, 4.69) is 5.32 Å². The van der Waals surface area contributed by atoms with Crippen molar-refractivity contribution in [3.05, 3.63) is 103 Å². The Kier molecular flexibility index (Phi) is 6.90. The molecule has 1 N–H and O–H groups in total. The number of esters is 1. The second-order valence-corrected chi connectivity index (χ2v) is 10.3. The molecule has 0 spiro atoms.